The second-order valence-corrected chi connectivity index (χ2v) is 7.01. The Bertz CT molecular complexity index is 311. The molecule has 0 unspecified atom stereocenters. The molecule has 0 bridgehead atoms. The minimum absolute atomic E-state index is 0.280. The molecule has 1 aromatic rings. The molecule has 1 rings (SSSR count). The molecular weight excluding hydrogens is 282 g/mol. The quantitative estimate of drug-likeness (QED) is 0.764. The Morgan fingerprint density at radius 1 is 1.38 bits per heavy atom. The van der Waals surface area contributed by atoms with Gasteiger partial charge in [0.25, 0.3) is 0 Å². The largest absolute Gasteiger partial charge is 0.317 e. The third-order valence-corrected chi connectivity index (χ3v) is 5.38. The van der Waals surface area contributed by atoms with E-state index in [1.165, 1.54) is 27.1 Å². The third kappa shape index (κ3) is 3.86. The maximum atomic E-state index is 3.60. The number of halogens is 1. The Kier molecular flexibility index (Phi) is 5.48. The predicted octanol–water partition coefficient (Wildman–Crippen LogP) is 4.49. The van der Waals surface area contributed by atoms with Gasteiger partial charge in [-0.1, -0.05) is 20.8 Å². The normalized spacial score (nSPS) is 12.1. The van der Waals surface area contributed by atoms with Crippen LogP contribution in [0.15, 0.2) is 10.5 Å². The van der Waals surface area contributed by atoms with Crippen molar-refractivity contribution in [1.29, 1.82) is 0 Å². The Morgan fingerprint density at radius 3 is 2.56 bits per heavy atom. The molecule has 0 saturated heterocycles. The second-order valence-electron chi connectivity index (χ2n) is 4.90. The highest BCUT2D eigenvalue weighted by molar-refractivity contribution is 9.10. The van der Waals surface area contributed by atoms with Gasteiger partial charge in [0.2, 0.25) is 0 Å². The number of thiophene rings is 1. The lowest BCUT2D eigenvalue weighted by Crippen LogP contribution is -2.25. The SMILES string of the molecule is CCCNCCC(C)(C)c1cc(Br)c(C)s1. The van der Waals surface area contributed by atoms with Crippen LogP contribution in [0.4, 0.5) is 0 Å². The average Bonchev–Trinajstić information content (AvgIpc) is 2.55. The lowest BCUT2D eigenvalue weighted by Gasteiger charge is -2.23. The van der Waals surface area contributed by atoms with Gasteiger partial charge in [-0.05, 0) is 54.9 Å². The summed E-state index contributed by atoms with van der Waals surface area (Å²) < 4.78 is 1.25. The van der Waals surface area contributed by atoms with Crippen molar-refractivity contribution >= 4 is 27.3 Å². The molecule has 0 spiro atoms. The molecule has 0 fully saturated rings. The van der Waals surface area contributed by atoms with Crippen molar-refractivity contribution in [3.05, 3.63) is 20.3 Å². The van der Waals surface area contributed by atoms with E-state index in [4.69, 9.17) is 0 Å². The molecule has 16 heavy (non-hydrogen) atoms. The maximum Gasteiger partial charge on any atom is 0.0314 e. The zero-order valence-electron chi connectivity index (χ0n) is 10.7. The van der Waals surface area contributed by atoms with E-state index in [0.717, 1.165) is 13.1 Å². The highest BCUT2D eigenvalue weighted by Gasteiger charge is 2.22. The fraction of sp³-hybridized carbons (Fsp3) is 0.692. The summed E-state index contributed by atoms with van der Waals surface area (Å²) in [4.78, 5) is 2.86. The van der Waals surface area contributed by atoms with Crippen LogP contribution in [0.3, 0.4) is 0 Å². The molecule has 0 saturated carbocycles. The van der Waals surface area contributed by atoms with Crippen LogP contribution >= 0.6 is 27.3 Å². The highest BCUT2D eigenvalue weighted by Crippen LogP contribution is 2.36. The summed E-state index contributed by atoms with van der Waals surface area (Å²) >= 11 is 5.51. The van der Waals surface area contributed by atoms with Crippen molar-refractivity contribution in [3.63, 3.8) is 0 Å². The average molecular weight is 304 g/mol. The molecule has 0 aliphatic heterocycles. The molecule has 0 amide bonds. The van der Waals surface area contributed by atoms with E-state index >= 15 is 0 Å². The lowest BCUT2D eigenvalue weighted by atomic mass is 9.87. The molecule has 0 atom stereocenters. The first-order valence-corrected chi connectivity index (χ1v) is 7.55. The predicted molar refractivity (Wildman–Crippen MR) is 77.6 cm³/mol. The zero-order valence-corrected chi connectivity index (χ0v) is 13.1. The second kappa shape index (κ2) is 6.18. The fourth-order valence-electron chi connectivity index (χ4n) is 1.62. The van der Waals surface area contributed by atoms with Crippen molar-refractivity contribution in [1.82, 2.24) is 5.32 Å². The van der Waals surface area contributed by atoms with Gasteiger partial charge in [-0.25, -0.2) is 0 Å². The Labute approximate surface area is 112 Å². The zero-order chi connectivity index (χ0) is 12.2. The number of nitrogens with one attached hydrogen (secondary N) is 1. The van der Waals surface area contributed by atoms with Crippen LogP contribution in [0, 0.1) is 6.92 Å². The van der Waals surface area contributed by atoms with Gasteiger partial charge in [0, 0.05) is 19.6 Å². The minimum atomic E-state index is 0.280. The van der Waals surface area contributed by atoms with Gasteiger partial charge in [0.05, 0.1) is 0 Å². The van der Waals surface area contributed by atoms with E-state index in [0.29, 0.717) is 0 Å². The van der Waals surface area contributed by atoms with Crippen LogP contribution in [-0.4, -0.2) is 13.1 Å². The molecular formula is C13H22BrNS. The first-order valence-electron chi connectivity index (χ1n) is 5.94. The summed E-state index contributed by atoms with van der Waals surface area (Å²) in [7, 11) is 0. The van der Waals surface area contributed by atoms with Gasteiger partial charge in [-0.2, -0.15) is 0 Å². The fourth-order valence-corrected chi connectivity index (χ4v) is 3.28. The molecule has 1 nitrogen and oxygen atoms in total. The molecule has 1 N–H and O–H groups in total. The van der Waals surface area contributed by atoms with Gasteiger partial charge in [-0.3, -0.25) is 0 Å². The Morgan fingerprint density at radius 2 is 2.06 bits per heavy atom. The van der Waals surface area contributed by atoms with Crippen LogP contribution in [-0.2, 0) is 5.41 Å². The minimum Gasteiger partial charge on any atom is -0.317 e. The van der Waals surface area contributed by atoms with Crippen LogP contribution in [0.25, 0.3) is 0 Å². The van der Waals surface area contributed by atoms with E-state index in [1.54, 1.807) is 0 Å². The number of rotatable bonds is 6. The molecule has 0 radical (unpaired) electrons. The molecule has 1 heterocycles. The first-order chi connectivity index (χ1) is 7.47. The monoisotopic (exact) mass is 303 g/mol. The lowest BCUT2D eigenvalue weighted by molar-refractivity contribution is 0.465. The van der Waals surface area contributed by atoms with Crippen molar-refractivity contribution < 1.29 is 0 Å². The topological polar surface area (TPSA) is 12.0 Å². The van der Waals surface area contributed by atoms with E-state index in [2.05, 4.69) is 55.0 Å². The summed E-state index contributed by atoms with van der Waals surface area (Å²) in [5.74, 6) is 0. The molecule has 92 valence electrons. The molecule has 1 aromatic heterocycles. The number of hydrogen-bond donors (Lipinski definition) is 1. The summed E-state index contributed by atoms with van der Waals surface area (Å²) in [6, 6.07) is 2.28. The Balaban J connectivity index is 2.55. The van der Waals surface area contributed by atoms with Crippen LogP contribution < -0.4 is 5.32 Å². The summed E-state index contributed by atoms with van der Waals surface area (Å²) in [6.07, 6.45) is 2.41. The van der Waals surface area contributed by atoms with Gasteiger partial charge in [0.1, 0.15) is 0 Å². The molecule has 0 aliphatic rings. The molecule has 3 heteroatoms. The standard InChI is InChI=1S/C13H22BrNS/c1-5-7-15-8-6-13(3,4)12-9-11(14)10(2)16-12/h9,15H,5-8H2,1-4H3. The van der Waals surface area contributed by atoms with E-state index < -0.39 is 0 Å². The third-order valence-electron chi connectivity index (χ3n) is 2.88. The van der Waals surface area contributed by atoms with Crippen LogP contribution in [0.5, 0.6) is 0 Å². The van der Waals surface area contributed by atoms with Gasteiger partial charge in [0.15, 0.2) is 0 Å². The summed E-state index contributed by atoms with van der Waals surface area (Å²) in [6.45, 7) is 11.3. The van der Waals surface area contributed by atoms with Crippen LogP contribution in [0.1, 0.15) is 43.4 Å². The van der Waals surface area contributed by atoms with Crippen molar-refractivity contribution in [2.45, 2.75) is 46.0 Å². The Hall–Kier alpha value is 0.140. The van der Waals surface area contributed by atoms with E-state index in [1.807, 2.05) is 11.3 Å². The van der Waals surface area contributed by atoms with Crippen molar-refractivity contribution in [3.8, 4) is 0 Å². The number of aryl methyl sites for hydroxylation is 1. The van der Waals surface area contributed by atoms with Gasteiger partial charge < -0.3 is 5.32 Å². The van der Waals surface area contributed by atoms with Gasteiger partial charge in [-0.15, -0.1) is 11.3 Å². The molecule has 0 aliphatic carbocycles. The highest BCUT2D eigenvalue weighted by atomic mass is 79.9. The van der Waals surface area contributed by atoms with E-state index in [9.17, 15) is 0 Å². The van der Waals surface area contributed by atoms with Crippen molar-refractivity contribution in [2.75, 3.05) is 13.1 Å². The first kappa shape index (κ1) is 14.2. The van der Waals surface area contributed by atoms with E-state index in [-0.39, 0.29) is 5.41 Å². The van der Waals surface area contributed by atoms with Crippen molar-refractivity contribution in [2.24, 2.45) is 0 Å². The summed E-state index contributed by atoms with van der Waals surface area (Å²) in [5, 5.41) is 3.48. The summed E-state index contributed by atoms with van der Waals surface area (Å²) in [5.41, 5.74) is 0.280. The number of hydrogen-bond acceptors (Lipinski definition) is 2. The maximum absolute atomic E-state index is 3.60. The smallest absolute Gasteiger partial charge is 0.0314 e. The molecule has 0 aromatic carbocycles. The van der Waals surface area contributed by atoms with Crippen LogP contribution in [0.2, 0.25) is 0 Å². The van der Waals surface area contributed by atoms with Gasteiger partial charge >= 0.3 is 0 Å².